The Balaban J connectivity index is 1.67. The number of carbonyl (C=O) groups is 1. The maximum atomic E-state index is 12.1. The maximum absolute atomic E-state index is 12.1. The highest BCUT2D eigenvalue weighted by molar-refractivity contribution is 6.30. The van der Waals surface area contributed by atoms with E-state index < -0.39 is 0 Å². The molecular weight excluding hydrogens is 274 g/mol. The molecule has 0 saturated heterocycles. The zero-order chi connectivity index (χ0) is 13.9. The van der Waals surface area contributed by atoms with Crippen LogP contribution in [-0.4, -0.2) is 15.5 Å². The molecule has 0 spiro atoms. The van der Waals surface area contributed by atoms with Crippen molar-refractivity contribution in [3.05, 3.63) is 47.0 Å². The fourth-order valence-electron chi connectivity index (χ4n) is 2.56. The summed E-state index contributed by atoms with van der Waals surface area (Å²) in [7, 11) is 0. The van der Waals surface area contributed by atoms with Gasteiger partial charge in [-0.1, -0.05) is 11.6 Å². The van der Waals surface area contributed by atoms with Crippen LogP contribution in [0.3, 0.4) is 0 Å². The molecule has 0 saturated carbocycles. The number of hydrogen-bond donors (Lipinski definition) is 1. The van der Waals surface area contributed by atoms with E-state index >= 15 is 0 Å². The number of imidazole rings is 1. The zero-order valence-corrected chi connectivity index (χ0v) is 11.9. The van der Waals surface area contributed by atoms with Crippen molar-refractivity contribution >= 4 is 23.2 Å². The minimum Gasteiger partial charge on any atom is -0.325 e. The van der Waals surface area contributed by atoms with Gasteiger partial charge in [-0.3, -0.25) is 4.79 Å². The average Bonchev–Trinajstić information content (AvgIpc) is 2.85. The molecule has 1 aromatic carbocycles. The summed E-state index contributed by atoms with van der Waals surface area (Å²) in [6.45, 7) is 0.310. The molecule has 0 fully saturated rings. The van der Waals surface area contributed by atoms with E-state index in [9.17, 15) is 4.79 Å². The lowest BCUT2D eigenvalue weighted by atomic mass is 10.0. The summed E-state index contributed by atoms with van der Waals surface area (Å²) in [4.78, 5) is 16.5. The van der Waals surface area contributed by atoms with Crippen LogP contribution in [0, 0.1) is 0 Å². The Kier molecular flexibility index (Phi) is 3.74. The van der Waals surface area contributed by atoms with E-state index in [2.05, 4.69) is 10.3 Å². The molecule has 1 aliphatic rings. The molecule has 4 nitrogen and oxygen atoms in total. The number of nitrogens with one attached hydrogen (secondary N) is 1. The third kappa shape index (κ3) is 2.85. The molecule has 1 aromatic heterocycles. The summed E-state index contributed by atoms with van der Waals surface area (Å²) in [5.41, 5.74) is 3.12. The molecule has 20 heavy (non-hydrogen) atoms. The second kappa shape index (κ2) is 5.67. The van der Waals surface area contributed by atoms with Crippen LogP contribution in [0.1, 0.15) is 24.2 Å². The van der Waals surface area contributed by atoms with E-state index in [0.29, 0.717) is 11.6 Å². The summed E-state index contributed by atoms with van der Waals surface area (Å²) in [5.74, 6) is -0.0434. The largest absolute Gasteiger partial charge is 0.325 e. The summed E-state index contributed by atoms with van der Waals surface area (Å²) >= 11 is 5.82. The first-order chi connectivity index (χ1) is 9.72. The van der Waals surface area contributed by atoms with Crippen LogP contribution >= 0.6 is 11.6 Å². The predicted molar refractivity (Wildman–Crippen MR) is 79.0 cm³/mol. The van der Waals surface area contributed by atoms with Crippen LogP contribution in [0.15, 0.2) is 30.6 Å². The second-order valence-corrected chi connectivity index (χ2v) is 5.46. The Morgan fingerprint density at radius 1 is 1.25 bits per heavy atom. The molecule has 0 bridgehead atoms. The fourth-order valence-corrected chi connectivity index (χ4v) is 2.68. The van der Waals surface area contributed by atoms with Gasteiger partial charge in [0.05, 0.1) is 12.0 Å². The minimum absolute atomic E-state index is 0.0434. The number of halogens is 1. The number of hydrogen-bond acceptors (Lipinski definition) is 2. The van der Waals surface area contributed by atoms with Gasteiger partial charge in [0.1, 0.15) is 6.54 Å². The molecule has 2 aromatic rings. The van der Waals surface area contributed by atoms with E-state index in [4.69, 9.17) is 11.6 Å². The van der Waals surface area contributed by atoms with Crippen LogP contribution in [0.4, 0.5) is 5.69 Å². The lowest BCUT2D eigenvalue weighted by Gasteiger charge is -2.14. The van der Waals surface area contributed by atoms with Gasteiger partial charge < -0.3 is 9.88 Å². The van der Waals surface area contributed by atoms with Gasteiger partial charge in [-0.15, -0.1) is 0 Å². The zero-order valence-electron chi connectivity index (χ0n) is 11.1. The van der Waals surface area contributed by atoms with Crippen molar-refractivity contribution in [3.63, 3.8) is 0 Å². The van der Waals surface area contributed by atoms with E-state index in [1.807, 2.05) is 4.57 Å². The van der Waals surface area contributed by atoms with E-state index in [-0.39, 0.29) is 5.91 Å². The normalized spacial score (nSPS) is 13.8. The molecular formula is C15H16ClN3O. The highest BCUT2D eigenvalue weighted by Gasteiger charge is 2.16. The van der Waals surface area contributed by atoms with Crippen molar-refractivity contribution in [2.24, 2.45) is 0 Å². The number of anilines is 1. The number of benzene rings is 1. The van der Waals surface area contributed by atoms with Gasteiger partial charge in [0.2, 0.25) is 5.91 Å². The number of fused-ring (bicyclic) bond motifs is 1. The number of carbonyl (C=O) groups excluding carboxylic acids is 1. The smallest absolute Gasteiger partial charge is 0.244 e. The average molecular weight is 290 g/mol. The van der Waals surface area contributed by atoms with Crippen LogP contribution in [0.5, 0.6) is 0 Å². The first-order valence-corrected chi connectivity index (χ1v) is 7.18. The van der Waals surface area contributed by atoms with Gasteiger partial charge in [-0.25, -0.2) is 4.98 Å². The highest BCUT2D eigenvalue weighted by atomic mass is 35.5. The number of aromatic nitrogens is 2. The minimum atomic E-state index is -0.0434. The molecule has 0 atom stereocenters. The molecule has 1 heterocycles. The lowest BCUT2D eigenvalue weighted by molar-refractivity contribution is -0.116. The molecule has 0 unspecified atom stereocenters. The monoisotopic (exact) mass is 289 g/mol. The third-order valence-electron chi connectivity index (χ3n) is 3.55. The third-order valence-corrected chi connectivity index (χ3v) is 3.80. The molecule has 1 amide bonds. The van der Waals surface area contributed by atoms with Crippen molar-refractivity contribution in [2.75, 3.05) is 5.32 Å². The summed E-state index contributed by atoms with van der Waals surface area (Å²) in [6.07, 6.45) is 6.20. The fraction of sp³-hybridized carbons (Fsp3) is 0.333. The quantitative estimate of drug-likeness (QED) is 0.944. The summed E-state index contributed by atoms with van der Waals surface area (Å²) in [6, 6.07) is 7.11. The number of nitrogens with zero attached hydrogens (tertiary/aromatic N) is 2. The Morgan fingerprint density at radius 3 is 2.80 bits per heavy atom. The van der Waals surface area contributed by atoms with Crippen LogP contribution in [0.25, 0.3) is 0 Å². The van der Waals surface area contributed by atoms with Crippen LogP contribution < -0.4 is 5.32 Å². The maximum Gasteiger partial charge on any atom is 0.244 e. The van der Waals surface area contributed by atoms with Crippen LogP contribution in [-0.2, 0) is 24.2 Å². The molecule has 3 rings (SSSR count). The van der Waals surface area contributed by atoms with Crippen molar-refractivity contribution in [1.29, 1.82) is 0 Å². The lowest BCUT2D eigenvalue weighted by Crippen LogP contribution is -2.20. The van der Waals surface area contributed by atoms with Crippen LogP contribution in [0.2, 0.25) is 5.02 Å². The molecule has 5 heteroatoms. The van der Waals surface area contributed by atoms with Crippen molar-refractivity contribution in [1.82, 2.24) is 9.55 Å². The Bertz CT molecular complexity index is 619. The molecule has 1 N–H and O–H groups in total. The summed E-state index contributed by atoms with van der Waals surface area (Å²) in [5, 5.41) is 3.53. The second-order valence-electron chi connectivity index (χ2n) is 5.03. The Labute approximate surface area is 122 Å². The molecule has 0 radical (unpaired) electrons. The Morgan fingerprint density at radius 2 is 2.00 bits per heavy atom. The number of rotatable bonds is 3. The SMILES string of the molecule is O=C(Cn1cnc2c1CCCC2)Nc1ccc(Cl)cc1. The number of aryl methyl sites for hydroxylation is 1. The predicted octanol–water partition coefficient (Wildman–Crippen LogP) is 3.05. The Hall–Kier alpha value is -1.81. The van der Waals surface area contributed by atoms with Crippen molar-refractivity contribution in [3.8, 4) is 0 Å². The first kappa shape index (κ1) is 13.2. The van der Waals surface area contributed by atoms with E-state index in [1.54, 1.807) is 30.6 Å². The molecule has 0 aliphatic heterocycles. The van der Waals surface area contributed by atoms with Gasteiger partial charge in [0.15, 0.2) is 0 Å². The van der Waals surface area contributed by atoms with Gasteiger partial charge in [0.25, 0.3) is 0 Å². The molecule has 104 valence electrons. The number of amides is 1. The standard InChI is InChI=1S/C15H16ClN3O/c16-11-5-7-12(8-6-11)18-15(20)9-19-10-17-13-3-1-2-4-14(13)19/h5-8,10H,1-4,9H2,(H,18,20). The van der Waals surface area contributed by atoms with Gasteiger partial charge in [-0.05, 0) is 49.9 Å². The van der Waals surface area contributed by atoms with Gasteiger partial charge in [-0.2, -0.15) is 0 Å². The van der Waals surface area contributed by atoms with Gasteiger partial charge >= 0.3 is 0 Å². The van der Waals surface area contributed by atoms with Crippen molar-refractivity contribution in [2.45, 2.75) is 32.2 Å². The van der Waals surface area contributed by atoms with Gasteiger partial charge in [0, 0.05) is 16.4 Å². The first-order valence-electron chi connectivity index (χ1n) is 6.80. The van der Waals surface area contributed by atoms with E-state index in [1.165, 1.54) is 18.5 Å². The van der Waals surface area contributed by atoms with E-state index in [0.717, 1.165) is 24.2 Å². The highest BCUT2D eigenvalue weighted by Crippen LogP contribution is 2.20. The molecule has 1 aliphatic carbocycles. The summed E-state index contributed by atoms with van der Waals surface area (Å²) < 4.78 is 1.96. The van der Waals surface area contributed by atoms with Crippen molar-refractivity contribution < 1.29 is 4.79 Å². The topological polar surface area (TPSA) is 46.9 Å².